The molecule has 0 amide bonds. The van der Waals surface area contributed by atoms with Crippen molar-refractivity contribution in [3.05, 3.63) is 42.4 Å². The predicted molar refractivity (Wildman–Crippen MR) is 52.8 cm³/mol. The molecule has 2 aromatic rings. The van der Waals surface area contributed by atoms with Gasteiger partial charge in [0.2, 0.25) is 0 Å². The van der Waals surface area contributed by atoms with Gasteiger partial charge in [-0.05, 0) is 18.6 Å². The standard InChI is InChI=1S/C10H11N3O/c1-8-2-9(4-11-3-8)13-6-10-5-12-7-14-10/h2-5,7,13H,6H2,1H3. The molecule has 4 nitrogen and oxygen atoms in total. The maximum Gasteiger partial charge on any atom is 0.180 e. The van der Waals surface area contributed by atoms with E-state index in [1.54, 1.807) is 12.4 Å². The highest BCUT2D eigenvalue weighted by molar-refractivity contribution is 5.42. The lowest BCUT2D eigenvalue weighted by molar-refractivity contribution is 0.511. The topological polar surface area (TPSA) is 51.0 Å². The predicted octanol–water partition coefficient (Wildman–Crippen LogP) is 1.99. The van der Waals surface area contributed by atoms with Crippen LogP contribution in [0.15, 0.2) is 35.5 Å². The number of hydrogen-bond donors (Lipinski definition) is 1. The number of rotatable bonds is 3. The zero-order valence-electron chi connectivity index (χ0n) is 7.90. The third-order valence-electron chi connectivity index (χ3n) is 1.83. The van der Waals surface area contributed by atoms with E-state index in [0.29, 0.717) is 6.54 Å². The van der Waals surface area contributed by atoms with Crippen LogP contribution in [0, 0.1) is 6.92 Å². The van der Waals surface area contributed by atoms with Gasteiger partial charge in [0.05, 0.1) is 18.4 Å². The van der Waals surface area contributed by atoms with E-state index in [-0.39, 0.29) is 0 Å². The van der Waals surface area contributed by atoms with Crippen molar-refractivity contribution < 1.29 is 4.42 Å². The van der Waals surface area contributed by atoms with Crippen molar-refractivity contribution in [2.45, 2.75) is 13.5 Å². The van der Waals surface area contributed by atoms with Crippen LogP contribution in [-0.2, 0) is 6.54 Å². The molecule has 0 atom stereocenters. The summed E-state index contributed by atoms with van der Waals surface area (Å²) in [7, 11) is 0. The lowest BCUT2D eigenvalue weighted by Crippen LogP contribution is -1.98. The van der Waals surface area contributed by atoms with Crippen molar-refractivity contribution in [1.29, 1.82) is 0 Å². The number of hydrogen-bond acceptors (Lipinski definition) is 4. The summed E-state index contributed by atoms with van der Waals surface area (Å²) in [4.78, 5) is 7.91. The zero-order valence-corrected chi connectivity index (χ0v) is 7.90. The molecule has 0 aliphatic carbocycles. The van der Waals surface area contributed by atoms with E-state index >= 15 is 0 Å². The Labute approximate surface area is 82.0 Å². The van der Waals surface area contributed by atoms with Crippen LogP contribution in [0.25, 0.3) is 0 Å². The highest BCUT2D eigenvalue weighted by Crippen LogP contribution is 2.08. The number of nitrogens with zero attached hydrogens (tertiary/aromatic N) is 2. The Morgan fingerprint density at radius 1 is 1.29 bits per heavy atom. The van der Waals surface area contributed by atoms with Crippen molar-refractivity contribution in [2.75, 3.05) is 5.32 Å². The van der Waals surface area contributed by atoms with E-state index in [1.807, 2.05) is 19.2 Å². The third-order valence-corrected chi connectivity index (χ3v) is 1.83. The van der Waals surface area contributed by atoms with Gasteiger partial charge in [0.25, 0.3) is 0 Å². The fourth-order valence-corrected chi connectivity index (χ4v) is 1.17. The van der Waals surface area contributed by atoms with Crippen LogP contribution >= 0.6 is 0 Å². The van der Waals surface area contributed by atoms with Crippen LogP contribution < -0.4 is 5.32 Å². The van der Waals surface area contributed by atoms with Gasteiger partial charge in [0.1, 0.15) is 5.76 Å². The molecule has 4 heteroatoms. The van der Waals surface area contributed by atoms with E-state index in [0.717, 1.165) is 17.0 Å². The normalized spacial score (nSPS) is 10.1. The highest BCUT2D eigenvalue weighted by Gasteiger charge is 1.96. The van der Waals surface area contributed by atoms with Gasteiger partial charge in [-0.25, -0.2) is 4.98 Å². The minimum atomic E-state index is 0.630. The molecular weight excluding hydrogens is 178 g/mol. The molecule has 0 radical (unpaired) electrons. The van der Waals surface area contributed by atoms with Crippen molar-refractivity contribution in [2.24, 2.45) is 0 Å². The molecule has 14 heavy (non-hydrogen) atoms. The molecule has 0 aromatic carbocycles. The SMILES string of the molecule is Cc1cncc(NCc2cnco2)c1. The lowest BCUT2D eigenvalue weighted by atomic mass is 10.3. The number of oxazole rings is 1. The first kappa shape index (κ1) is 8.74. The molecule has 0 saturated carbocycles. The van der Waals surface area contributed by atoms with Crippen molar-refractivity contribution in [3.63, 3.8) is 0 Å². The van der Waals surface area contributed by atoms with Crippen LogP contribution in [0.4, 0.5) is 5.69 Å². The molecule has 0 aliphatic rings. The minimum absolute atomic E-state index is 0.630. The van der Waals surface area contributed by atoms with Crippen LogP contribution in [0.1, 0.15) is 11.3 Å². The molecule has 0 unspecified atom stereocenters. The summed E-state index contributed by atoms with van der Waals surface area (Å²) >= 11 is 0. The fraction of sp³-hybridized carbons (Fsp3) is 0.200. The first-order valence-electron chi connectivity index (χ1n) is 4.37. The van der Waals surface area contributed by atoms with E-state index in [4.69, 9.17) is 4.42 Å². The van der Waals surface area contributed by atoms with Crippen LogP contribution in [-0.4, -0.2) is 9.97 Å². The first-order valence-corrected chi connectivity index (χ1v) is 4.37. The molecule has 0 fully saturated rings. The van der Waals surface area contributed by atoms with E-state index in [1.165, 1.54) is 6.39 Å². The van der Waals surface area contributed by atoms with Crippen molar-refractivity contribution in [3.8, 4) is 0 Å². The third kappa shape index (κ3) is 2.10. The molecular formula is C10H11N3O. The average Bonchev–Trinajstić information content (AvgIpc) is 2.67. The Morgan fingerprint density at radius 2 is 2.21 bits per heavy atom. The minimum Gasteiger partial charge on any atom is -0.447 e. The molecule has 2 rings (SSSR count). The number of aromatic nitrogens is 2. The second-order valence-electron chi connectivity index (χ2n) is 3.07. The number of aryl methyl sites for hydroxylation is 1. The summed E-state index contributed by atoms with van der Waals surface area (Å²) in [5.74, 6) is 0.812. The Hall–Kier alpha value is -1.84. The molecule has 0 bridgehead atoms. The largest absolute Gasteiger partial charge is 0.447 e. The maximum absolute atomic E-state index is 5.09. The second-order valence-corrected chi connectivity index (χ2v) is 3.07. The molecule has 1 N–H and O–H groups in total. The summed E-state index contributed by atoms with van der Waals surface area (Å²) in [5, 5.41) is 3.19. The molecule has 72 valence electrons. The van der Waals surface area contributed by atoms with Gasteiger partial charge in [-0.3, -0.25) is 4.98 Å². The monoisotopic (exact) mass is 189 g/mol. The van der Waals surface area contributed by atoms with Gasteiger partial charge in [-0.1, -0.05) is 0 Å². The van der Waals surface area contributed by atoms with E-state index in [2.05, 4.69) is 15.3 Å². The van der Waals surface area contributed by atoms with Gasteiger partial charge in [0.15, 0.2) is 6.39 Å². The fourth-order valence-electron chi connectivity index (χ4n) is 1.17. The Kier molecular flexibility index (Phi) is 2.44. The molecule has 0 saturated heterocycles. The van der Waals surface area contributed by atoms with Gasteiger partial charge in [-0.15, -0.1) is 0 Å². The van der Waals surface area contributed by atoms with Gasteiger partial charge < -0.3 is 9.73 Å². The highest BCUT2D eigenvalue weighted by atomic mass is 16.3. The number of nitrogens with one attached hydrogen (secondary N) is 1. The summed E-state index contributed by atoms with van der Waals surface area (Å²) in [6, 6.07) is 2.03. The van der Waals surface area contributed by atoms with Crippen molar-refractivity contribution in [1.82, 2.24) is 9.97 Å². The summed E-state index contributed by atoms with van der Waals surface area (Å²) < 4.78 is 5.09. The molecule has 2 heterocycles. The Morgan fingerprint density at radius 3 is 2.93 bits per heavy atom. The molecule has 0 spiro atoms. The molecule has 0 aliphatic heterocycles. The van der Waals surface area contributed by atoms with Crippen LogP contribution in [0.5, 0.6) is 0 Å². The van der Waals surface area contributed by atoms with Crippen LogP contribution in [0.3, 0.4) is 0 Å². The van der Waals surface area contributed by atoms with E-state index < -0.39 is 0 Å². The Balaban J connectivity index is 1.98. The zero-order chi connectivity index (χ0) is 9.80. The van der Waals surface area contributed by atoms with Gasteiger partial charge >= 0.3 is 0 Å². The maximum atomic E-state index is 5.09. The second kappa shape index (κ2) is 3.91. The number of pyridine rings is 1. The van der Waals surface area contributed by atoms with Crippen LogP contribution in [0.2, 0.25) is 0 Å². The van der Waals surface area contributed by atoms with Crippen molar-refractivity contribution >= 4 is 5.69 Å². The molecule has 2 aromatic heterocycles. The van der Waals surface area contributed by atoms with E-state index in [9.17, 15) is 0 Å². The first-order chi connectivity index (χ1) is 6.84. The number of anilines is 1. The summed E-state index contributed by atoms with van der Waals surface area (Å²) in [6.07, 6.45) is 6.71. The quantitative estimate of drug-likeness (QED) is 0.802. The smallest absolute Gasteiger partial charge is 0.180 e. The Bertz CT molecular complexity index is 398. The average molecular weight is 189 g/mol. The lowest BCUT2D eigenvalue weighted by Gasteiger charge is -2.03. The summed E-state index contributed by atoms with van der Waals surface area (Å²) in [5.41, 5.74) is 2.12. The summed E-state index contributed by atoms with van der Waals surface area (Å²) in [6.45, 7) is 2.64. The van der Waals surface area contributed by atoms with Gasteiger partial charge in [0, 0.05) is 12.4 Å². The van der Waals surface area contributed by atoms with Gasteiger partial charge in [-0.2, -0.15) is 0 Å².